The Kier molecular flexibility index (Phi) is 7.92. The molecule has 0 aliphatic rings. The van der Waals surface area contributed by atoms with Crippen molar-refractivity contribution in [3.05, 3.63) is 0 Å². The molecule has 0 aliphatic carbocycles. The molecular weight excluding hydrogens is 205 g/mol. The SMILES string of the molecule is CS(=O)(=O)NC(=S)[S-].[K+]. The molecular formula is C2H4KNO2S3. The van der Waals surface area contributed by atoms with Crippen molar-refractivity contribution in [2.75, 3.05) is 6.26 Å². The van der Waals surface area contributed by atoms with Crippen LogP contribution >= 0.6 is 12.2 Å². The first-order valence-corrected chi connectivity index (χ1v) is 4.31. The Morgan fingerprint density at radius 3 is 2.00 bits per heavy atom. The maximum atomic E-state index is 10.2. The number of hydrogen-bond donors (Lipinski definition) is 1. The van der Waals surface area contributed by atoms with Crippen LogP contribution in [-0.4, -0.2) is 19.0 Å². The van der Waals surface area contributed by atoms with E-state index >= 15 is 0 Å². The predicted molar refractivity (Wildman–Crippen MR) is 37.9 cm³/mol. The Hall–Kier alpha value is 1.70. The van der Waals surface area contributed by atoms with Crippen LogP contribution in [0.15, 0.2) is 0 Å². The number of thiocarbonyl (C=S) groups is 1. The van der Waals surface area contributed by atoms with Crippen LogP contribution in [-0.2, 0) is 22.7 Å². The summed E-state index contributed by atoms with van der Waals surface area (Å²) in [7, 11) is -3.22. The molecule has 0 atom stereocenters. The van der Waals surface area contributed by atoms with Crippen LogP contribution in [0.2, 0.25) is 0 Å². The topological polar surface area (TPSA) is 46.2 Å². The smallest absolute Gasteiger partial charge is 0.410 e. The van der Waals surface area contributed by atoms with Gasteiger partial charge in [-0.3, -0.25) is 0 Å². The van der Waals surface area contributed by atoms with Crippen molar-refractivity contribution in [1.29, 1.82) is 0 Å². The molecule has 0 saturated carbocycles. The molecule has 0 heterocycles. The Morgan fingerprint density at radius 1 is 1.67 bits per heavy atom. The van der Waals surface area contributed by atoms with Crippen molar-refractivity contribution in [3.63, 3.8) is 0 Å². The summed E-state index contributed by atoms with van der Waals surface area (Å²) < 4.78 is 22.1. The summed E-state index contributed by atoms with van der Waals surface area (Å²) in [5, 5.41) is 0. The van der Waals surface area contributed by atoms with Crippen LogP contribution in [0, 0.1) is 0 Å². The second-order valence-corrected chi connectivity index (χ2v) is 3.99. The van der Waals surface area contributed by atoms with E-state index in [1.54, 1.807) is 0 Å². The number of hydrogen-bond acceptors (Lipinski definition) is 4. The van der Waals surface area contributed by atoms with Gasteiger partial charge in [0.1, 0.15) is 0 Å². The van der Waals surface area contributed by atoms with Gasteiger partial charge in [0.2, 0.25) is 10.0 Å². The van der Waals surface area contributed by atoms with Crippen LogP contribution in [0.5, 0.6) is 0 Å². The summed E-state index contributed by atoms with van der Waals surface area (Å²) in [5.41, 5.74) is 0. The van der Waals surface area contributed by atoms with Crippen molar-refractivity contribution in [3.8, 4) is 0 Å². The largest absolute Gasteiger partial charge is 1.00 e. The van der Waals surface area contributed by atoms with Gasteiger partial charge in [-0.15, -0.1) is 0 Å². The average molecular weight is 209 g/mol. The Morgan fingerprint density at radius 2 is 2.00 bits per heavy atom. The minimum atomic E-state index is -3.22. The van der Waals surface area contributed by atoms with E-state index in [0.717, 1.165) is 6.26 Å². The number of rotatable bonds is 1. The summed E-state index contributed by atoms with van der Waals surface area (Å²) in [4.78, 5) is 0. The average Bonchev–Trinajstić information content (AvgIpc) is 1.21. The molecule has 0 bridgehead atoms. The molecule has 0 saturated heterocycles. The minimum absolute atomic E-state index is 0. The maximum absolute atomic E-state index is 10.2. The molecule has 0 rings (SSSR count). The fraction of sp³-hybridized carbons (Fsp3) is 0.500. The number of nitrogens with one attached hydrogen (secondary N) is 1. The van der Waals surface area contributed by atoms with Gasteiger partial charge >= 0.3 is 51.4 Å². The van der Waals surface area contributed by atoms with Crippen molar-refractivity contribution in [2.45, 2.75) is 0 Å². The zero-order valence-electron chi connectivity index (χ0n) is 5.04. The molecule has 7 heteroatoms. The van der Waals surface area contributed by atoms with Gasteiger partial charge in [0, 0.05) is 0 Å². The van der Waals surface area contributed by atoms with Crippen LogP contribution in [0.4, 0.5) is 0 Å². The third-order valence-electron chi connectivity index (χ3n) is 0.269. The molecule has 0 radical (unpaired) electrons. The molecule has 1 N–H and O–H groups in total. The van der Waals surface area contributed by atoms with E-state index in [9.17, 15) is 8.42 Å². The zero-order valence-corrected chi connectivity index (χ0v) is 10.6. The van der Waals surface area contributed by atoms with E-state index < -0.39 is 10.0 Å². The van der Waals surface area contributed by atoms with Gasteiger partial charge in [-0.1, -0.05) is 4.32 Å². The molecule has 9 heavy (non-hydrogen) atoms. The van der Waals surface area contributed by atoms with Gasteiger partial charge in [0.25, 0.3) is 0 Å². The first-order valence-electron chi connectivity index (χ1n) is 1.60. The Bertz CT molecular complexity index is 186. The van der Waals surface area contributed by atoms with E-state index in [2.05, 4.69) is 24.8 Å². The summed E-state index contributed by atoms with van der Waals surface area (Å²) in [6.45, 7) is 0. The first kappa shape index (κ1) is 13.3. The summed E-state index contributed by atoms with van der Waals surface area (Å²) >= 11 is 8.54. The van der Waals surface area contributed by atoms with Gasteiger partial charge in [0.15, 0.2) is 0 Å². The predicted octanol–water partition coefficient (Wildman–Crippen LogP) is -3.63. The maximum Gasteiger partial charge on any atom is 1.00 e. The Balaban J connectivity index is 0. The molecule has 0 aromatic carbocycles. The van der Waals surface area contributed by atoms with Gasteiger partial charge in [-0.25, -0.2) is 8.42 Å². The first-order chi connectivity index (χ1) is 3.42. The van der Waals surface area contributed by atoms with E-state index in [0.29, 0.717) is 0 Å². The molecule has 0 unspecified atom stereocenters. The van der Waals surface area contributed by atoms with Crippen molar-refractivity contribution >= 4 is 39.2 Å². The third-order valence-corrected chi connectivity index (χ3v) is 1.31. The molecule has 3 nitrogen and oxygen atoms in total. The molecule has 0 aliphatic heterocycles. The number of sulfonamides is 1. The van der Waals surface area contributed by atoms with Crippen molar-refractivity contribution < 1.29 is 59.8 Å². The molecule has 0 spiro atoms. The minimum Gasteiger partial charge on any atom is -0.410 e. The Labute approximate surface area is 108 Å². The quantitative estimate of drug-likeness (QED) is 0.275. The monoisotopic (exact) mass is 209 g/mol. The summed E-state index contributed by atoms with van der Waals surface area (Å²) in [5.74, 6) is 0. The van der Waals surface area contributed by atoms with E-state index in [4.69, 9.17) is 0 Å². The fourth-order valence-corrected chi connectivity index (χ4v) is 1.36. The summed E-state index contributed by atoms with van der Waals surface area (Å²) in [6, 6.07) is 0. The van der Waals surface area contributed by atoms with E-state index in [1.807, 2.05) is 4.72 Å². The van der Waals surface area contributed by atoms with Crippen LogP contribution < -0.4 is 56.1 Å². The van der Waals surface area contributed by atoms with Gasteiger partial charge in [-0.2, -0.15) is 0 Å². The normalized spacial score (nSPS) is 9.44. The second kappa shape index (κ2) is 5.36. The van der Waals surface area contributed by atoms with Gasteiger partial charge in [-0.05, 0) is 0 Å². The molecule has 0 aromatic rings. The van der Waals surface area contributed by atoms with Crippen LogP contribution in [0.3, 0.4) is 0 Å². The molecule has 0 fully saturated rings. The van der Waals surface area contributed by atoms with E-state index in [-0.39, 0.29) is 55.7 Å². The third kappa shape index (κ3) is 12.8. The van der Waals surface area contributed by atoms with E-state index in [1.165, 1.54) is 0 Å². The van der Waals surface area contributed by atoms with Crippen molar-refractivity contribution in [2.24, 2.45) is 0 Å². The summed E-state index contributed by atoms with van der Waals surface area (Å²) in [6.07, 6.45) is 0.992. The van der Waals surface area contributed by atoms with Crippen LogP contribution in [0.25, 0.3) is 0 Å². The molecule has 0 aromatic heterocycles. The van der Waals surface area contributed by atoms with Gasteiger partial charge < -0.3 is 29.6 Å². The second-order valence-electron chi connectivity index (χ2n) is 1.16. The standard InChI is InChI=1S/C2H5NO2S3.K/c1-8(4,5)3-2(6)7;/h1H3,(H2,3,6,7);/q;+1/p-1. The fourth-order valence-electron chi connectivity index (χ4n) is 0.151. The molecule has 48 valence electrons. The van der Waals surface area contributed by atoms with Crippen LogP contribution in [0.1, 0.15) is 0 Å². The zero-order chi connectivity index (χ0) is 6.78. The van der Waals surface area contributed by atoms with Gasteiger partial charge in [0.05, 0.1) is 6.26 Å². The molecule has 0 amide bonds. The van der Waals surface area contributed by atoms with Crippen molar-refractivity contribution in [1.82, 2.24) is 4.72 Å².